The van der Waals surface area contributed by atoms with Crippen molar-refractivity contribution in [2.75, 3.05) is 46.4 Å². The Hall–Kier alpha value is -0.810. The van der Waals surface area contributed by atoms with Crippen LogP contribution in [0.4, 0.5) is 0 Å². The molecule has 0 aromatic carbocycles. The van der Waals surface area contributed by atoms with Gasteiger partial charge in [0.05, 0.1) is 12.7 Å². The van der Waals surface area contributed by atoms with E-state index in [9.17, 15) is 0 Å². The summed E-state index contributed by atoms with van der Waals surface area (Å²) in [6.45, 7) is 8.49. The minimum Gasteiger partial charge on any atom is -0.376 e. The van der Waals surface area contributed by atoms with Gasteiger partial charge < -0.3 is 20.3 Å². The molecule has 1 unspecified atom stereocenters. The van der Waals surface area contributed by atoms with Crippen LogP contribution in [0.2, 0.25) is 0 Å². The number of hydrogen-bond donors (Lipinski definition) is 2. The van der Waals surface area contributed by atoms with Crippen molar-refractivity contribution in [3.8, 4) is 0 Å². The molecule has 5 nitrogen and oxygen atoms in total. The lowest BCUT2D eigenvalue weighted by atomic mass is 10.1. The van der Waals surface area contributed by atoms with Crippen LogP contribution in [0.1, 0.15) is 51.9 Å². The van der Waals surface area contributed by atoms with E-state index in [1.54, 1.807) is 0 Å². The average Bonchev–Trinajstić information content (AvgIpc) is 2.88. The van der Waals surface area contributed by atoms with Crippen molar-refractivity contribution in [3.05, 3.63) is 0 Å². The lowest BCUT2D eigenvalue weighted by molar-refractivity contribution is 0.0468. The topological polar surface area (TPSA) is 48.9 Å². The Bertz CT molecular complexity index is 340. The van der Waals surface area contributed by atoms with E-state index < -0.39 is 0 Å². The summed E-state index contributed by atoms with van der Waals surface area (Å²) in [5.41, 5.74) is 0. The monoisotopic (exact) mass is 324 g/mol. The third kappa shape index (κ3) is 7.08. The minimum absolute atomic E-state index is 0.479. The average molecular weight is 325 g/mol. The largest absolute Gasteiger partial charge is 0.376 e. The first-order chi connectivity index (χ1) is 11.3. The van der Waals surface area contributed by atoms with Crippen molar-refractivity contribution in [2.45, 2.75) is 58.0 Å². The molecule has 23 heavy (non-hydrogen) atoms. The van der Waals surface area contributed by atoms with Gasteiger partial charge in [0.2, 0.25) is 0 Å². The molecule has 0 radical (unpaired) electrons. The van der Waals surface area contributed by atoms with E-state index in [1.165, 1.54) is 64.6 Å². The van der Waals surface area contributed by atoms with Gasteiger partial charge in [-0.1, -0.05) is 32.6 Å². The van der Waals surface area contributed by atoms with Crippen LogP contribution in [-0.4, -0.2) is 63.3 Å². The highest BCUT2D eigenvalue weighted by atomic mass is 16.5. The summed E-state index contributed by atoms with van der Waals surface area (Å²) in [6, 6.07) is 0. The molecule has 2 rings (SSSR count). The Morgan fingerprint density at radius 2 is 1.91 bits per heavy atom. The van der Waals surface area contributed by atoms with E-state index in [2.05, 4.69) is 27.4 Å². The molecule has 2 aliphatic rings. The molecule has 0 aromatic heterocycles. The molecule has 5 heteroatoms. The van der Waals surface area contributed by atoms with Gasteiger partial charge in [-0.3, -0.25) is 4.99 Å². The number of rotatable bonds is 7. The predicted molar refractivity (Wildman–Crippen MR) is 97.0 cm³/mol. The molecule has 1 aliphatic heterocycles. The molecule has 1 saturated carbocycles. The van der Waals surface area contributed by atoms with Crippen molar-refractivity contribution in [1.29, 1.82) is 0 Å². The third-order valence-electron chi connectivity index (χ3n) is 5.15. The van der Waals surface area contributed by atoms with Crippen LogP contribution in [0.25, 0.3) is 0 Å². The molecule has 0 spiro atoms. The Labute approximate surface area is 142 Å². The molecule has 1 atom stereocenters. The molecular formula is C18H36N4O. The number of nitrogens with zero attached hydrogens (tertiary/aromatic N) is 2. The van der Waals surface area contributed by atoms with Gasteiger partial charge in [0.15, 0.2) is 5.96 Å². The molecule has 1 heterocycles. The van der Waals surface area contributed by atoms with Crippen LogP contribution < -0.4 is 10.6 Å². The molecule has 0 bridgehead atoms. The fourth-order valence-corrected chi connectivity index (χ4v) is 3.63. The second kappa shape index (κ2) is 10.9. The summed E-state index contributed by atoms with van der Waals surface area (Å²) in [7, 11) is 1.84. The molecule has 2 fully saturated rings. The zero-order chi connectivity index (χ0) is 16.3. The predicted octanol–water partition coefficient (Wildman–Crippen LogP) is 2.23. The van der Waals surface area contributed by atoms with Gasteiger partial charge in [0.25, 0.3) is 0 Å². The first kappa shape index (κ1) is 18.5. The molecular weight excluding hydrogens is 288 g/mol. The van der Waals surface area contributed by atoms with E-state index in [-0.39, 0.29) is 0 Å². The Kier molecular flexibility index (Phi) is 8.76. The van der Waals surface area contributed by atoms with Crippen molar-refractivity contribution in [2.24, 2.45) is 10.9 Å². The van der Waals surface area contributed by atoms with Crippen LogP contribution >= 0.6 is 0 Å². The van der Waals surface area contributed by atoms with E-state index >= 15 is 0 Å². The zero-order valence-corrected chi connectivity index (χ0v) is 15.1. The summed E-state index contributed by atoms with van der Waals surface area (Å²) < 4.78 is 6.01. The van der Waals surface area contributed by atoms with Gasteiger partial charge in [0.1, 0.15) is 0 Å². The lowest BCUT2D eigenvalue weighted by Crippen LogP contribution is -2.41. The Balaban J connectivity index is 1.54. The molecule has 134 valence electrons. The van der Waals surface area contributed by atoms with Gasteiger partial charge in [0, 0.05) is 26.7 Å². The normalized spacial score (nSPS) is 24.6. The maximum absolute atomic E-state index is 6.01. The summed E-state index contributed by atoms with van der Waals surface area (Å²) >= 11 is 0. The standard InChI is InChI=1S/C18H36N4O/c1-3-22-12-10-16(15-22)14-21-18(19-2)20-11-13-23-17-8-6-4-5-7-9-17/h16-17H,3-15H2,1-2H3,(H2,19,20,21). The molecule has 2 N–H and O–H groups in total. The van der Waals surface area contributed by atoms with Crippen LogP contribution in [0.5, 0.6) is 0 Å². The Morgan fingerprint density at radius 1 is 1.13 bits per heavy atom. The maximum Gasteiger partial charge on any atom is 0.191 e. The number of nitrogens with one attached hydrogen (secondary N) is 2. The zero-order valence-electron chi connectivity index (χ0n) is 15.1. The molecule has 0 amide bonds. The smallest absolute Gasteiger partial charge is 0.191 e. The van der Waals surface area contributed by atoms with Crippen LogP contribution in [0.15, 0.2) is 4.99 Å². The van der Waals surface area contributed by atoms with Gasteiger partial charge in [-0.2, -0.15) is 0 Å². The molecule has 0 aromatic rings. The van der Waals surface area contributed by atoms with E-state index in [4.69, 9.17) is 4.74 Å². The van der Waals surface area contributed by atoms with E-state index in [0.29, 0.717) is 6.10 Å². The number of aliphatic imine (C=N–C) groups is 1. The summed E-state index contributed by atoms with van der Waals surface area (Å²) in [6.07, 6.45) is 9.67. The highest BCUT2D eigenvalue weighted by molar-refractivity contribution is 5.79. The maximum atomic E-state index is 6.01. The van der Waals surface area contributed by atoms with Gasteiger partial charge >= 0.3 is 0 Å². The van der Waals surface area contributed by atoms with Crippen LogP contribution in [-0.2, 0) is 4.74 Å². The first-order valence-corrected chi connectivity index (χ1v) is 9.60. The lowest BCUT2D eigenvalue weighted by Gasteiger charge is -2.18. The highest BCUT2D eigenvalue weighted by Gasteiger charge is 2.21. The van der Waals surface area contributed by atoms with Gasteiger partial charge in [-0.25, -0.2) is 0 Å². The molecule has 1 aliphatic carbocycles. The third-order valence-corrected chi connectivity index (χ3v) is 5.15. The molecule has 1 saturated heterocycles. The van der Waals surface area contributed by atoms with E-state index in [1.807, 2.05) is 7.05 Å². The second-order valence-corrected chi connectivity index (χ2v) is 6.91. The fraction of sp³-hybridized carbons (Fsp3) is 0.944. The number of guanidine groups is 1. The quantitative estimate of drug-likeness (QED) is 0.326. The van der Waals surface area contributed by atoms with Crippen LogP contribution in [0.3, 0.4) is 0 Å². The fourth-order valence-electron chi connectivity index (χ4n) is 3.63. The second-order valence-electron chi connectivity index (χ2n) is 6.91. The van der Waals surface area contributed by atoms with Gasteiger partial charge in [-0.05, 0) is 38.3 Å². The van der Waals surface area contributed by atoms with Gasteiger partial charge in [-0.15, -0.1) is 0 Å². The van der Waals surface area contributed by atoms with Crippen molar-refractivity contribution in [1.82, 2.24) is 15.5 Å². The van der Waals surface area contributed by atoms with E-state index in [0.717, 1.165) is 31.6 Å². The Morgan fingerprint density at radius 3 is 2.57 bits per heavy atom. The summed E-state index contributed by atoms with van der Waals surface area (Å²) in [4.78, 5) is 6.83. The first-order valence-electron chi connectivity index (χ1n) is 9.60. The van der Waals surface area contributed by atoms with Crippen molar-refractivity contribution >= 4 is 5.96 Å². The summed E-state index contributed by atoms with van der Waals surface area (Å²) in [5.74, 6) is 1.65. The number of hydrogen-bond acceptors (Lipinski definition) is 3. The van der Waals surface area contributed by atoms with Crippen LogP contribution in [0, 0.1) is 5.92 Å². The summed E-state index contributed by atoms with van der Waals surface area (Å²) in [5, 5.41) is 6.84. The highest BCUT2D eigenvalue weighted by Crippen LogP contribution is 2.19. The minimum atomic E-state index is 0.479. The number of ether oxygens (including phenoxy) is 1. The SMILES string of the molecule is CCN1CCC(CNC(=NC)NCCOC2CCCCCC2)C1. The van der Waals surface area contributed by atoms with Crippen molar-refractivity contribution in [3.63, 3.8) is 0 Å². The number of likely N-dealkylation sites (tertiary alicyclic amines) is 1. The van der Waals surface area contributed by atoms with Crippen molar-refractivity contribution < 1.29 is 4.74 Å².